The summed E-state index contributed by atoms with van der Waals surface area (Å²) in [6.45, 7) is 5.10. The molecule has 0 N–H and O–H groups in total. The second-order valence-corrected chi connectivity index (χ2v) is 2.05. The lowest BCUT2D eigenvalue weighted by atomic mass is 10.3. The van der Waals surface area contributed by atoms with Crippen LogP contribution in [0.2, 0.25) is 0 Å². The second-order valence-electron chi connectivity index (χ2n) is 2.05. The zero-order valence-electron chi connectivity index (χ0n) is 3.62. The molecule has 0 aliphatic carbocycles. The van der Waals surface area contributed by atoms with Crippen molar-refractivity contribution in [2.45, 2.75) is 19.4 Å². The van der Waals surface area contributed by atoms with Crippen molar-refractivity contribution < 1.29 is 6.16 Å². The van der Waals surface area contributed by atoms with Gasteiger partial charge < -0.3 is 4.74 Å². The first kappa shape index (κ1) is 3.16. The third kappa shape index (κ3) is 0.618. The molecule has 1 nitrogen and oxygen atoms in total. The van der Waals surface area contributed by atoms with E-state index in [1.54, 1.807) is 0 Å². The van der Waals surface area contributed by atoms with E-state index in [0.717, 1.165) is 6.61 Å². The van der Waals surface area contributed by atoms with Crippen molar-refractivity contribution >= 4 is 0 Å². The highest BCUT2D eigenvalue weighted by atomic mass is 16.6. The molecule has 1 heteroatoms. The normalized spacial score (nSPS) is 30.0. The largest absolute Gasteiger partial charge is 0.370 e. The van der Waals surface area contributed by atoms with Crippen LogP contribution in [-0.2, 0) is 4.74 Å². The lowest BCUT2D eigenvalue weighted by Gasteiger charge is -1.81. The molecule has 0 saturated carbocycles. The van der Waals surface area contributed by atoms with E-state index < -0.39 is 0 Å². The van der Waals surface area contributed by atoms with Gasteiger partial charge in [-0.3, -0.25) is 0 Å². The molecule has 5 heavy (non-hydrogen) atoms. The lowest BCUT2D eigenvalue weighted by molar-refractivity contribution is 0.344. The monoisotopic (exact) mass is 74.1 g/mol. The van der Waals surface area contributed by atoms with Crippen molar-refractivity contribution in [1.82, 2.24) is 0 Å². The molecular weight excluding hydrogens is 64.0 g/mol. The van der Waals surface area contributed by atoms with E-state index in [-0.39, 0.29) is 7.03 Å². The van der Waals surface area contributed by atoms with Gasteiger partial charge in [0.25, 0.3) is 0 Å². The Kier molecular flexibility index (Phi) is 0.346. The maximum atomic E-state index is 4.90. The Morgan fingerprint density at radius 1 is 1.80 bits per heavy atom. The molecule has 0 radical (unpaired) electrons. The van der Waals surface area contributed by atoms with Gasteiger partial charge in [0.2, 0.25) is 0 Å². The summed E-state index contributed by atoms with van der Waals surface area (Å²) in [5.74, 6) is 0. The minimum absolute atomic E-state index is 0. The summed E-state index contributed by atoms with van der Waals surface area (Å²) in [6, 6.07) is 0. The van der Waals surface area contributed by atoms with Crippen molar-refractivity contribution in [1.29, 1.82) is 0 Å². The predicted octanol–water partition coefficient (Wildman–Crippen LogP) is 1.04. The highest BCUT2D eigenvalue weighted by Crippen LogP contribution is 2.23. The van der Waals surface area contributed by atoms with Crippen LogP contribution in [0.3, 0.4) is 0 Å². The van der Waals surface area contributed by atoms with Crippen LogP contribution in [0.1, 0.15) is 15.3 Å². The first-order chi connectivity index (χ1) is 2.21. The number of hydrogen-bond donors (Lipinski definition) is 0. The molecule has 0 aromatic heterocycles. The van der Waals surface area contributed by atoms with Crippen LogP contribution in [0, 0.1) is 0 Å². The topological polar surface area (TPSA) is 12.5 Å². The van der Waals surface area contributed by atoms with Crippen LogP contribution >= 0.6 is 0 Å². The Morgan fingerprint density at radius 2 is 2.00 bits per heavy atom. The molecule has 1 rings (SSSR count). The van der Waals surface area contributed by atoms with E-state index in [9.17, 15) is 0 Å². The smallest absolute Gasteiger partial charge is 0.0860 e. The Balaban J connectivity index is 0.000000250. The molecule has 0 aromatic rings. The van der Waals surface area contributed by atoms with Gasteiger partial charge in [-0.1, -0.05) is 0 Å². The van der Waals surface area contributed by atoms with Gasteiger partial charge in [-0.2, -0.15) is 0 Å². The van der Waals surface area contributed by atoms with Gasteiger partial charge >= 0.3 is 0 Å². The second kappa shape index (κ2) is 0.548. The molecule has 0 aromatic carbocycles. The van der Waals surface area contributed by atoms with Crippen molar-refractivity contribution in [3.63, 3.8) is 0 Å². The zero-order valence-corrected chi connectivity index (χ0v) is 3.62. The Labute approximate surface area is 33.4 Å². The summed E-state index contributed by atoms with van der Waals surface area (Å²) in [5, 5.41) is 0. The molecular formula is C4H10O. The quantitative estimate of drug-likeness (QED) is 0.391. The van der Waals surface area contributed by atoms with Crippen molar-refractivity contribution in [2.24, 2.45) is 0 Å². The van der Waals surface area contributed by atoms with Crippen molar-refractivity contribution in [2.75, 3.05) is 6.61 Å². The van der Waals surface area contributed by atoms with Gasteiger partial charge in [0.15, 0.2) is 0 Å². The highest BCUT2D eigenvalue weighted by molar-refractivity contribution is 4.79. The summed E-state index contributed by atoms with van der Waals surface area (Å²) < 4.78 is 4.90. The highest BCUT2D eigenvalue weighted by Gasteiger charge is 2.32. The maximum Gasteiger partial charge on any atom is 0.0860 e. The van der Waals surface area contributed by atoms with Crippen LogP contribution in [0.25, 0.3) is 0 Å². The summed E-state index contributed by atoms with van der Waals surface area (Å²) in [5.41, 5.74) is 0.250. The molecule has 0 bridgehead atoms. The molecule has 0 spiro atoms. The van der Waals surface area contributed by atoms with Gasteiger partial charge in [-0.25, -0.2) is 0 Å². The Morgan fingerprint density at radius 3 is 2.00 bits per heavy atom. The summed E-state index contributed by atoms with van der Waals surface area (Å²) in [4.78, 5) is 0. The first-order valence-electron chi connectivity index (χ1n) is 1.85. The number of hydrogen-bond acceptors (Lipinski definition) is 1. The van der Waals surface area contributed by atoms with Crippen LogP contribution in [-0.4, -0.2) is 12.2 Å². The summed E-state index contributed by atoms with van der Waals surface area (Å²) in [6.07, 6.45) is 0. The molecule has 0 unspecified atom stereocenters. The molecule has 1 fully saturated rings. The average molecular weight is 74.1 g/mol. The number of rotatable bonds is 0. The molecule has 0 atom stereocenters. The Hall–Kier alpha value is -0.0400. The van der Waals surface area contributed by atoms with E-state index in [1.807, 2.05) is 0 Å². The van der Waals surface area contributed by atoms with E-state index in [4.69, 9.17) is 4.74 Å². The Bertz CT molecular complexity index is 45.5. The van der Waals surface area contributed by atoms with Crippen LogP contribution in [0.4, 0.5) is 0 Å². The van der Waals surface area contributed by atoms with Gasteiger partial charge in [0.1, 0.15) is 0 Å². The maximum absolute atomic E-state index is 4.90. The van der Waals surface area contributed by atoms with Gasteiger partial charge in [-0.05, 0) is 13.8 Å². The molecule has 1 aliphatic heterocycles. The standard InChI is InChI=1S/C4H8O.H2/c1-4(2)3-5-4;/h3H2,1-2H3;1H. The number of ether oxygens (including phenoxy) is 1. The lowest BCUT2D eigenvalue weighted by Crippen LogP contribution is -1.90. The number of epoxide rings is 1. The van der Waals surface area contributed by atoms with E-state index >= 15 is 0 Å². The fourth-order valence-electron chi connectivity index (χ4n) is 0.144. The molecule has 1 heterocycles. The molecule has 0 amide bonds. The zero-order chi connectivity index (χ0) is 3.91. The van der Waals surface area contributed by atoms with Gasteiger partial charge in [0, 0.05) is 1.43 Å². The van der Waals surface area contributed by atoms with E-state index in [1.165, 1.54) is 0 Å². The third-order valence-corrected chi connectivity index (χ3v) is 0.722. The minimum atomic E-state index is 0. The van der Waals surface area contributed by atoms with Crippen molar-refractivity contribution in [3.8, 4) is 0 Å². The van der Waals surface area contributed by atoms with Crippen LogP contribution < -0.4 is 0 Å². The molecule has 1 aliphatic rings. The van der Waals surface area contributed by atoms with Gasteiger partial charge in [0.05, 0.1) is 12.2 Å². The molecule has 32 valence electrons. The summed E-state index contributed by atoms with van der Waals surface area (Å²) >= 11 is 0. The van der Waals surface area contributed by atoms with Crippen LogP contribution in [0.5, 0.6) is 0 Å². The molecule has 1 saturated heterocycles. The first-order valence-corrected chi connectivity index (χ1v) is 1.85. The summed E-state index contributed by atoms with van der Waals surface area (Å²) in [7, 11) is 0. The van der Waals surface area contributed by atoms with E-state index in [0.29, 0.717) is 0 Å². The fourth-order valence-corrected chi connectivity index (χ4v) is 0.144. The fraction of sp³-hybridized carbons (Fsp3) is 1.00. The van der Waals surface area contributed by atoms with Crippen molar-refractivity contribution in [3.05, 3.63) is 0 Å². The third-order valence-electron chi connectivity index (χ3n) is 0.722. The minimum Gasteiger partial charge on any atom is -0.370 e. The van der Waals surface area contributed by atoms with Gasteiger partial charge in [-0.15, -0.1) is 0 Å². The SMILES string of the molecule is CC1(C)CO1.[HH]. The predicted molar refractivity (Wildman–Crippen MR) is 22.1 cm³/mol. The van der Waals surface area contributed by atoms with Crippen LogP contribution in [0.15, 0.2) is 0 Å². The van der Waals surface area contributed by atoms with E-state index in [2.05, 4.69) is 13.8 Å². The average Bonchev–Trinajstić information content (AvgIpc) is 1.76.